The number of nitrogens with one attached hydrogen (secondary N) is 1. The molecule has 1 saturated heterocycles. The lowest BCUT2D eigenvalue weighted by Gasteiger charge is -2.24. The quantitative estimate of drug-likeness (QED) is 0.879. The lowest BCUT2D eigenvalue weighted by molar-refractivity contribution is 0.0737. The number of benzene rings is 1. The second kappa shape index (κ2) is 8.12. The Hall–Kier alpha value is -2.40. The highest BCUT2D eigenvalue weighted by molar-refractivity contribution is 5.94. The SMILES string of the molecule is CNCC1CCCN1C(=O)c1cccc(COc2ccc(C)nc2)c1. The molecule has 1 atom stereocenters. The fourth-order valence-electron chi connectivity index (χ4n) is 3.22. The molecule has 25 heavy (non-hydrogen) atoms. The van der Waals surface area contributed by atoms with Crippen molar-refractivity contribution in [2.24, 2.45) is 0 Å². The maximum atomic E-state index is 12.8. The van der Waals surface area contributed by atoms with E-state index in [0.29, 0.717) is 6.61 Å². The van der Waals surface area contributed by atoms with Gasteiger partial charge in [-0.25, -0.2) is 0 Å². The number of likely N-dealkylation sites (tertiary alicyclic amines) is 1. The molecule has 1 amide bonds. The number of likely N-dealkylation sites (N-methyl/N-ethyl adjacent to an activating group) is 1. The number of hydrogen-bond donors (Lipinski definition) is 1. The van der Waals surface area contributed by atoms with Crippen LogP contribution in [0.3, 0.4) is 0 Å². The normalized spacial score (nSPS) is 16.9. The standard InChI is InChI=1S/C20H25N3O2/c1-15-8-9-19(13-22-15)25-14-16-5-3-6-17(11-16)20(24)23-10-4-7-18(23)12-21-2/h3,5-6,8-9,11,13,18,21H,4,7,10,12,14H2,1-2H3. The van der Waals surface area contributed by atoms with E-state index in [-0.39, 0.29) is 11.9 Å². The zero-order valence-corrected chi connectivity index (χ0v) is 14.9. The fourth-order valence-corrected chi connectivity index (χ4v) is 3.22. The lowest BCUT2D eigenvalue weighted by atomic mass is 10.1. The van der Waals surface area contributed by atoms with Crippen LogP contribution in [0.4, 0.5) is 0 Å². The average Bonchev–Trinajstić information content (AvgIpc) is 3.09. The molecule has 5 nitrogen and oxygen atoms in total. The van der Waals surface area contributed by atoms with Crippen molar-refractivity contribution in [2.45, 2.75) is 32.4 Å². The first-order valence-corrected chi connectivity index (χ1v) is 8.77. The van der Waals surface area contributed by atoms with E-state index in [2.05, 4.69) is 10.3 Å². The second-order valence-electron chi connectivity index (χ2n) is 6.48. The van der Waals surface area contributed by atoms with E-state index < -0.39 is 0 Å². The Morgan fingerprint density at radius 3 is 3.00 bits per heavy atom. The van der Waals surface area contributed by atoms with Crippen LogP contribution in [0, 0.1) is 6.92 Å². The predicted molar refractivity (Wildman–Crippen MR) is 97.7 cm³/mol. The molecule has 1 aromatic heterocycles. The fraction of sp³-hybridized carbons (Fsp3) is 0.400. The molecule has 1 unspecified atom stereocenters. The van der Waals surface area contributed by atoms with Gasteiger partial charge in [0.25, 0.3) is 5.91 Å². The number of carbonyl (C=O) groups is 1. The molecule has 3 rings (SSSR count). The smallest absolute Gasteiger partial charge is 0.254 e. The molecule has 0 aliphatic carbocycles. The van der Waals surface area contributed by atoms with E-state index in [1.807, 2.05) is 55.3 Å². The van der Waals surface area contributed by atoms with Gasteiger partial charge in [0.1, 0.15) is 12.4 Å². The van der Waals surface area contributed by atoms with Gasteiger partial charge in [-0.15, -0.1) is 0 Å². The van der Waals surface area contributed by atoms with Crippen molar-refractivity contribution in [3.63, 3.8) is 0 Å². The van der Waals surface area contributed by atoms with Gasteiger partial charge in [0.05, 0.1) is 6.20 Å². The van der Waals surface area contributed by atoms with Crippen LogP contribution in [0.5, 0.6) is 5.75 Å². The van der Waals surface area contributed by atoms with E-state index in [1.165, 1.54) is 0 Å². The van der Waals surface area contributed by atoms with E-state index >= 15 is 0 Å². The molecule has 1 aromatic carbocycles. The first-order valence-electron chi connectivity index (χ1n) is 8.77. The lowest BCUT2D eigenvalue weighted by Crippen LogP contribution is -2.40. The summed E-state index contributed by atoms with van der Waals surface area (Å²) in [6.07, 6.45) is 3.86. The first kappa shape index (κ1) is 17.4. The number of nitrogens with zero attached hydrogens (tertiary/aromatic N) is 2. The highest BCUT2D eigenvalue weighted by Gasteiger charge is 2.28. The van der Waals surface area contributed by atoms with Crippen LogP contribution in [0.1, 0.15) is 34.5 Å². The summed E-state index contributed by atoms with van der Waals surface area (Å²) in [5.74, 6) is 0.840. The Labute approximate surface area is 149 Å². The number of rotatable bonds is 6. The molecule has 0 radical (unpaired) electrons. The molecular weight excluding hydrogens is 314 g/mol. The Bertz CT molecular complexity index is 715. The van der Waals surface area contributed by atoms with Gasteiger partial charge in [-0.05, 0) is 56.6 Å². The minimum Gasteiger partial charge on any atom is -0.487 e. The molecule has 2 heterocycles. The molecule has 1 N–H and O–H groups in total. The van der Waals surface area contributed by atoms with Crippen molar-refractivity contribution in [3.05, 3.63) is 59.4 Å². The topological polar surface area (TPSA) is 54.5 Å². The van der Waals surface area contributed by atoms with Gasteiger partial charge in [0.2, 0.25) is 0 Å². The van der Waals surface area contributed by atoms with E-state index in [1.54, 1.807) is 6.20 Å². The van der Waals surface area contributed by atoms with Gasteiger partial charge in [-0.1, -0.05) is 12.1 Å². The van der Waals surface area contributed by atoms with Gasteiger partial charge < -0.3 is 15.0 Å². The largest absolute Gasteiger partial charge is 0.487 e. The van der Waals surface area contributed by atoms with Crippen molar-refractivity contribution < 1.29 is 9.53 Å². The summed E-state index contributed by atoms with van der Waals surface area (Å²) in [5, 5.41) is 3.18. The van der Waals surface area contributed by atoms with Crippen molar-refractivity contribution in [2.75, 3.05) is 20.1 Å². The van der Waals surface area contributed by atoms with Crippen LogP contribution < -0.4 is 10.1 Å². The monoisotopic (exact) mass is 339 g/mol. The second-order valence-corrected chi connectivity index (χ2v) is 6.48. The summed E-state index contributed by atoms with van der Waals surface area (Å²) in [6, 6.07) is 11.8. The summed E-state index contributed by atoms with van der Waals surface area (Å²) in [4.78, 5) is 19.1. The summed E-state index contributed by atoms with van der Waals surface area (Å²) < 4.78 is 5.77. The van der Waals surface area contributed by atoms with Crippen LogP contribution in [0.15, 0.2) is 42.6 Å². The third kappa shape index (κ3) is 4.37. The molecule has 0 spiro atoms. The molecule has 5 heteroatoms. The number of amides is 1. The van der Waals surface area contributed by atoms with Gasteiger partial charge >= 0.3 is 0 Å². The molecule has 1 aliphatic rings. The predicted octanol–water partition coefficient (Wildman–Crippen LogP) is 2.79. The third-order valence-electron chi connectivity index (χ3n) is 4.54. The van der Waals surface area contributed by atoms with E-state index in [4.69, 9.17) is 4.74 Å². The minimum atomic E-state index is 0.108. The summed E-state index contributed by atoms with van der Waals surface area (Å²) in [5.41, 5.74) is 2.67. The Morgan fingerprint density at radius 2 is 2.24 bits per heavy atom. The van der Waals surface area contributed by atoms with Gasteiger partial charge in [-0.3, -0.25) is 9.78 Å². The van der Waals surface area contributed by atoms with Crippen molar-refractivity contribution in [1.82, 2.24) is 15.2 Å². The van der Waals surface area contributed by atoms with Crippen LogP contribution in [0.25, 0.3) is 0 Å². The summed E-state index contributed by atoms with van der Waals surface area (Å²) >= 11 is 0. The number of hydrogen-bond acceptors (Lipinski definition) is 4. The molecule has 132 valence electrons. The molecule has 0 bridgehead atoms. The number of carbonyl (C=O) groups excluding carboxylic acids is 1. The highest BCUT2D eigenvalue weighted by Crippen LogP contribution is 2.20. The Kier molecular flexibility index (Phi) is 5.66. The summed E-state index contributed by atoms with van der Waals surface area (Å²) in [7, 11) is 1.93. The maximum absolute atomic E-state index is 12.8. The third-order valence-corrected chi connectivity index (χ3v) is 4.54. The molecular formula is C20H25N3O2. The van der Waals surface area contributed by atoms with Crippen LogP contribution in [0.2, 0.25) is 0 Å². The molecule has 0 saturated carbocycles. The Balaban J connectivity index is 1.66. The molecule has 1 aliphatic heterocycles. The van der Waals surface area contributed by atoms with Gasteiger partial charge in [-0.2, -0.15) is 0 Å². The van der Waals surface area contributed by atoms with Crippen molar-refractivity contribution >= 4 is 5.91 Å². The number of aromatic nitrogens is 1. The van der Waals surface area contributed by atoms with Crippen molar-refractivity contribution in [1.29, 1.82) is 0 Å². The molecule has 1 fully saturated rings. The van der Waals surface area contributed by atoms with Crippen molar-refractivity contribution in [3.8, 4) is 5.75 Å². The number of ether oxygens (including phenoxy) is 1. The molecule has 2 aromatic rings. The van der Waals surface area contributed by atoms with Gasteiger partial charge in [0, 0.05) is 30.4 Å². The average molecular weight is 339 g/mol. The minimum absolute atomic E-state index is 0.108. The van der Waals surface area contributed by atoms with Crippen LogP contribution in [-0.2, 0) is 6.61 Å². The number of aryl methyl sites for hydroxylation is 1. The maximum Gasteiger partial charge on any atom is 0.254 e. The highest BCUT2D eigenvalue weighted by atomic mass is 16.5. The van der Waals surface area contributed by atoms with E-state index in [0.717, 1.165) is 48.5 Å². The van der Waals surface area contributed by atoms with Gasteiger partial charge in [0.15, 0.2) is 0 Å². The summed E-state index contributed by atoms with van der Waals surface area (Å²) in [6.45, 7) is 4.04. The zero-order chi connectivity index (χ0) is 17.6. The van der Waals surface area contributed by atoms with Crippen LogP contribution >= 0.6 is 0 Å². The Morgan fingerprint density at radius 1 is 1.36 bits per heavy atom. The van der Waals surface area contributed by atoms with Crippen LogP contribution in [-0.4, -0.2) is 42.0 Å². The first-order chi connectivity index (χ1) is 12.2. The zero-order valence-electron chi connectivity index (χ0n) is 14.9. The van der Waals surface area contributed by atoms with E-state index in [9.17, 15) is 4.79 Å². The number of pyridine rings is 1.